The molecule has 0 saturated carbocycles. The molecule has 0 aliphatic rings. The molecule has 0 amide bonds. The highest BCUT2D eigenvalue weighted by atomic mass is 32.2. The fraction of sp³-hybridized carbons (Fsp3) is 0.833. The standard InChI is InChI=1S/C6H13NOS/c1-6(8)3-4-7-5-9-2/h7H,3-5H2,1-2H3. The molecule has 0 spiro atoms. The first kappa shape index (κ1) is 8.98. The van der Waals surface area contributed by atoms with Crippen molar-refractivity contribution in [1.82, 2.24) is 5.32 Å². The van der Waals surface area contributed by atoms with Crippen molar-refractivity contribution in [2.24, 2.45) is 0 Å². The summed E-state index contributed by atoms with van der Waals surface area (Å²) in [5.41, 5.74) is 0. The van der Waals surface area contributed by atoms with Gasteiger partial charge in [0.05, 0.1) is 0 Å². The lowest BCUT2D eigenvalue weighted by Crippen LogP contribution is -2.16. The van der Waals surface area contributed by atoms with E-state index in [4.69, 9.17) is 0 Å². The van der Waals surface area contributed by atoms with Crippen LogP contribution < -0.4 is 5.32 Å². The summed E-state index contributed by atoms with van der Waals surface area (Å²) in [7, 11) is 0. The zero-order chi connectivity index (χ0) is 7.11. The summed E-state index contributed by atoms with van der Waals surface area (Å²) < 4.78 is 0. The molecule has 0 rings (SSSR count). The van der Waals surface area contributed by atoms with E-state index in [1.807, 2.05) is 6.26 Å². The van der Waals surface area contributed by atoms with Crippen LogP contribution in [0, 0.1) is 0 Å². The van der Waals surface area contributed by atoms with Gasteiger partial charge in [0.2, 0.25) is 0 Å². The van der Waals surface area contributed by atoms with Gasteiger partial charge >= 0.3 is 0 Å². The zero-order valence-corrected chi connectivity index (χ0v) is 6.75. The van der Waals surface area contributed by atoms with Crippen LogP contribution in [-0.2, 0) is 4.79 Å². The first-order valence-corrected chi connectivity index (χ1v) is 4.36. The van der Waals surface area contributed by atoms with Crippen LogP contribution in [0.1, 0.15) is 13.3 Å². The molecule has 0 heterocycles. The topological polar surface area (TPSA) is 29.1 Å². The van der Waals surface area contributed by atoms with Crippen molar-refractivity contribution in [2.45, 2.75) is 13.3 Å². The molecule has 2 nitrogen and oxygen atoms in total. The van der Waals surface area contributed by atoms with E-state index in [0.717, 1.165) is 12.4 Å². The predicted molar refractivity (Wildman–Crippen MR) is 41.7 cm³/mol. The Morgan fingerprint density at radius 1 is 1.67 bits per heavy atom. The number of Topliss-reactive ketones (excluding diaryl/α,β-unsaturated/α-hetero) is 1. The van der Waals surface area contributed by atoms with E-state index in [1.165, 1.54) is 0 Å². The fourth-order valence-corrected chi connectivity index (χ4v) is 0.787. The van der Waals surface area contributed by atoms with Gasteiger partial charge in [-0.25, -0.2) is 0 Å². The van der Waals surface area contributed by atoms with Crippen molar-refractivity contribution in [3.05, 3.63) is 0 Å². The zero-order valence-electron chi connectivity index (χ0n) is 5.94. The maximum Gasteiger partial charge on any atom is 0.131 e. The molecule has 0 fully saturated rings. The number of carbonyl (C=O) groups excluding carboxylic acids is 1. The van der Waals surface area contributed by atoms with Gasteiger partial charge in [0.25, 0.3) is 0 Å². The normalized spacial score (nSPS) is 9.56. The molecule has 1 N–H and O–H groups in total. The Hall–Kier alpha value is -0.0200. The maximum absolute atomic E-state index is 10.4. The van der Waals surface area contributed by atoms with Crippen molar-refractivity contribution >= 4 is 17.5 Å². The maximum atomic E-state index is 10.4. The molecule has 9 heavy (non-hydrogen) atoms. The largest absolute Gasteiger partial charge is 0.307 e. The predicted octanol–water partition coefficient (Wildman–Crippen LogP) is 0.876. The number of hydrogen-bond acceptors (Lipinski definition) is 3. The molecule has 0 bridgehead atoms. The lowest BCUT2D eigenvalue weighted by molar-refractivity contribution is -0.116. The van der Waals surface area contributed by atoms with Crippen LogP contribution in [-0.4, -0.2) is 24.5 Å². The fourth-order valence-electron chi connectivity index (χ4n) is 0.439. The number of hydrogen-bond donors (Lipinski definition) is 1. The van der Waals surface area contributed by atoms with Crippen molar-refractivity contribution in [1.29, 1.82) is 0 Å². The molecule has 0 aromatic heterocycles. The highest BCUT2D eigenvalue weighted by Gasteiger charge is 1.89. The second-order valence-electron chi connectivity index (χ2n) is 1.89. The first-order chi connectivity index (χ1) is 4.27. The lowest BCUT2D eigenvalue weighted by atomic mass is 10.3. The van der Waals surface area contributed by atoms with E-state index < -0.39 is 0 Å². The molecule has 54 valence electrons. The number of rotatable bonds is 5. The van der Waals surface area contributed by atoms with E-state index in [-0.39, 0.29) is 5.78 Å². The Labute approximate surface area is 60.4 Å². The molecular weight excluding hydrogens is 134 g/mol. The Kier molecular flexibility index (Phi) is 6.09. The van der Waals surface area contributed by atoms with Gasteiger partial charge in [-0.2, -0.15) is 0 Å². The molecule has 0 aromatic carbocycles. The second-order valence-corrected chi connectivity index (χ2v) is 2.75. The van der Waals surface area contributed by atoms with Gasteiger partial charge in [0, 0.05) is 18.8 Å². The summed E-state index contributed by atoms with van der Waals surface area (Å²) in [5, 5.41) is 3.11. The summed E-state index contributed by atoms with van der Waals surface area (Å²) in [6.07, 6.45) is 2.68. The molecule has 3 heteroatoms. The molecule has 0 unspecified atom stereocenters. The molecule has 0 aromatic rings. The Balaban J connectivity index is 2.83. The van der Waals surface area contributed by atoms with Crippen LogP contribution in [0.5, 0.6) is 0 Å². The quantitative estimate of drug-likeness (QED) is 0.462. The highest BCUT2D eigenvalue weighted by molar-refractivity contribution is 7.98. The average Bonchev–Trinajstić information content (AvgIpc) is 1.80. The minimum Gasteiger partial charge on any atom is -0.307 e. The summed E-state index contributed by atoms with van der Waals surface area (Å²) in [6.45, 7) is 2.43. The monoisotopic (exact) mass is 147 g/mol. The lowest BCUT2D eigenvalue weighted by Gasteiger charge is -1.97. The van der Waals surface area contributed by atoms with Crippen LogP contribution in [0.15, 0.2) is 0 Å². The van der Waals surface area contributed by atoms with Gasteiger partial charge in [-0.05, 0) is 13.2 Å². The summed E-state index contributed by atoms with van der Waals surface area (Å²) in [6, 6.07) is 0. The van der Waals surface area contributed by atoms with Gasteiger partial charge in [0.1, 0.15) is 5.78 Å². The summed E-state index contributed by atoms with van der Waals surface area (Å²) in [5.74, 6) is 1.19. The van der Waals surface area contributed by atoms with Crippen LogP contribution >= 0.6 is 11.8 Å². The number of ketones is 1. The minimum atomic E-state index is 0.253. The van der Waals surface area contributed by atoms with E-state index in [0.29, 0.717) is 6.42 Å². The molecule has 0 aliphatic carbocycles. The minimum absolute atomic E-state index is 0.253. The van der Waals surface area contributed by atoms with Gasteiger partial charge in [-0.1, -0.05) is 0 Å². The van der Waals surface area contributed by atoms with Crippen molar-refractivity contribution in [3.63, 3.8) is 0 Å². The van der Waals surface area contributed by atoms with Gasteiger partial charge < -0.3 is 5.32 Å². The van der Waals surface area contributed by atoms with Crippen LogP contribution in [0.25, 0.3) is 0 Å². The van der Waals surface area contributed by atoms with Crippen molar-refractivity contribution < 1.29 is 4.79 Å². The third-order valence-corrected chi connectivity index (χ3v) is 1.39. The molecule has 0 radical (unpaired) electrons. The summed E-state index contributed by atoms with van der Waals surface area (Å²) in [4.78, 5) is 10.4. The van der Waals surface area contributed by atoms with Crippen molar-refractivity contribution in [3.8, 4) is 0 Å². The van der Waals surface area contributed by atoms with E-state index in [2.05, 4.69) is 5.32 Å². The van der Waals surface area contributed by atoms with Gasteiger partial charge in [0.15, 0.2) is 0 Å². The second kappa shape index (κ2) is 6.11. The molecule has 0 aliphatic heterocycles. The third kappa shape index (κ3) is 7.98. The van der Waals surface area contributed by atoms with Gasteiger partial charge in [-0.3, -0.25) is 4.79 Å². The van der Waals surface area contributed by atoms with Gasteiger partial charge in [-0.15, -0.1) is 11.8 Å². The Morgan fingerprint density at radius 3 is 2.78 bits per heavy atom. The van der Waals surface area contributed by atoms with Crippen molar-refractivity contribution in [2.75, 3.05) is 18.7 Å². The smallest absolute Gasteiger partial charge is 0.131 e. The van der Waals surface area contributed by atoms with Crippen LogP contribution in [0.3, 0.4) is 0 Å². The van der Waals surface area contributed by atoms with Crippen LogP contribution in [0.4, 0.5) is 0 Å². The highest BCUT2D eigenvalue weighted by Crippen LogP contribution is 1.85. The third-order valence-electron chi connectivity index (χ3n) is 0.900. The Bertz CT molecular complexity index is 85.1. The molecule has 0 atom stereocenters. The van der Waals surface area contributed by atoms with E-state index in [1.54, 1.807) is 18.7 Å². The first-order valence-electron chi connectivity index (χ1n) is 2.96. The number of nitrogens with one attached hydrogen (secondary N) is 1. The SMILES string of the molecule is CSCNCCC(C)=O. The van der Waals surface area contributed by atoms with E-state index in [9.17, 15) is 4.79 Å². The Morgan fingerprint density at radius 2 is 2.33 bits per heavy atom. The molecule has 0 saturated heterocycles. The summed E-state index contributed by atoms with van der Waals surface area (Å²) >= 11 is 1.73. The average molecular weight is 147 g/mol. The number of thioether (sulfide) groups is 1. The molecular formula is C6H13NOS. The van der Waals surface area contributed by atoms with E-state index >= 15 is 0 Å². The van der Waals surface area contributed by atoms with Crippen LogP contribution in [0.2, 0.25) is 0 Å². The number of carbonyl (C=O) groups is 1.